The zero-order valence-corrected chi connectivity index (χ0v) is 14.9. The van der Waals surface area contributed by atoms with Crippen molar-refractivity contribution in [2.45, 2.75) is 45.3 Å². The van der Waals surface area contributed by atoms with Crippen molar-refractivity contribution in [3.05, 3.63) is 40.1 Å². The van der Waals surface area contributed by atoms with E-state index in [0.717, 1.165) is 36.0 Å². The molecule has 1 saturated heterocycles. The van der Waals surface area contributed by atoms with E-state index in [0.29, 0.717) is 23.8 Å². The second kappa shape index (κ2) is 6.43. The van der Waals surface area contributed by atoms with Crippen molar-refractivity contribution in [1.82, 2.24) is 20.2 Å². The number of hydrogen-bond acceptors (Lipinski definition) is 6. The van der Waals surface area contributed by atoms with E-state index in [1.165, 1.54) is 19.3 Å². The molecule has 0 bridgehead atoms. The number of rotatable bonds is 5. The Kier molecular flexibility index (Phi) is 4.28. The van der Waals surface area contributed by atoms with Crippen LogP contribution in [-0.4, -0.2) is 39.1 Å². The average Bonchev–Trinajstić information content (AvgIpc) is 3.02. The van der Waals surface area contributed by atoms with Crippen LogP contribution in [0.1, 0.15) is 35.7 Å². The first-order chi connectivity index (χ1) is 11.7. The van der Waals surface area contributed by atoms with Gasteiger partial charge in [0.15, 0.2) is 0 Å². The number of hydrogen-bond donors (Lipinski definition) is 2. The summed E-state index contributed by atoms with van der Waals surface area (Å²) in [6.45, 7) is 5.74. The van der Waals surface area contributed by atoms with E-state index in [1.807, 2.05) is 24.6 Å². The molecule has 4 rings (SSSR count). The van der Waals surface area contributed by atoms with Gasteiger partial charge in [-0.1, -0.05) is 0 Å². The van der Waals surface area contributed by atoms with Gasteiger partial charge in [-0.15, -0.1) is 11.3 Å². The Hall–Kier alpha value is -1.50. The van der Waals surface area contributed by atoms with Gasteiger partial charge in [-0.25, -0.2) is 4.98 Å². The van der Waals surface area contributed by atoms with Crippen molar-refractivity contribution >= 4 is 11.3 Å². The van der Waals surface area contributed by atoms with Gasteiger partial charge in [-0.3, -0.25) is 9.88 Å². The minimum absolute atomic E-state index is 0.296. The maximum atomic E-state index is 10.2. The lowest BCUT2D eigenvalue weighted by Crippen LogP contribution is -2.36. The fourth-order valence-electron chi connectivity index (χ4n) is 4.00. The minimum Gasteiger partial charge on any atom is -0.506 e. The van der Waals surface area contributed by atoms with Crippen LogP contribution in [0.25, 0.3) is 0 Å². The number of pyridine rings is 1. The highest BCUT2D eigenvalue weighted by molar-refractivity contribution is 7.09. The molecule has 2 fully saturated rings. The highest BCUT2D eigenvalue weighted by Gasteiger charge is 2.56. The van der Waals surface area contributed by atoms with Crippen LogP contribution < -0.4 is 5.32 Å². The van der Waals surface area contributed by atoms with Gasteiger partial charge in [0.1, 0.15) is 10.8 Å². The number of nitrogens with zero attached hydrogens (tertiary/aromatic N) is 3. The Labute approximate surface area is 146 Å². The fourth-order valence-corrected chi connectivity index (χ4v) is 4.64. The number of thiazole rings is 1. The second-order valence-corrected chi connectivity index (χ2v) is 8.06. The standard InChI is InChI=1S/C18H24N4OS/c1-13-2-3-15(23)14(21-13)11-22(12-17-20-8-9-24-17)16-10-18(16)4-6-19-7-5-18/h2-3,8-9,16,19,23H,4-7,10-12H2,1H3/t16-/m0/s1. The number of piperidine rings is 1. The van der Waals surface area contributed by atoms with Crippen molar-refractivity contribution in [1.29, 1.82) is 0 Å². The molecule has 2 aromatic heterocycles. The first-order valence-electron chi connectivity index (χ1n) is 8.65. The van der Waals surface area contributed by atoms with Crippen molar-refractivity contribution < 1.29 is 5.11 Å². The quantitative estimate of drug-likeness (QED) is 0.873. The molecule has 1 aliphatic carbocycles. The molecule has 1 saturated carbocycles. The lowest BCUT2D eigenvalue weighted by Gasteiger charge is -2.29. The SMILES string of the molecule is Cc1ccc(O)c(CN(Cc2nccs2)[C@H]2CC23CCNCC3)n1. The van der Waals surface area contributed by atoms with Crippen LogP contribution in [0.15, 0.2) is 23.7 Å². The first kappa shape index (κ1) is 16.0. The van der Waals surface area contributed by atoms with E-state index in [2.05, 4.69) is 20.2 Å². The Balaban J connectivity index is 1.55. The first-order valence-corrected chi connectivity index (χ1v) is 9.53. The third-order valence-corrected chi connectivity index (χ3v) is 6.22. The van der Waals surface area contributed by atoms with Gasteiger partial charge in [0.25, 0.3) is 0 Å². The van der Waals surface area contributed by atoms with Gasteiger partial charge in [0.05, 0.1) is 12.2 Å². The number of aromatic nitrogens is 2. The van der Waals surface area contributed by atoms with Crippen LogP contribution in [0.2, 0.25) is 0 Å². The summed E-state index contributed by atoms with van der Waals surface area (Å²) < 4.78 is 0. The summed E-state index contributed by atoms with van der Waals surface area (Å²) in [6.07, 6.45) is 5.62. The Morgan fingerprint density at radius 1 is 1.33 bits per heavy atom. The molecular weight excluding hydrogens is 320 g/mol. The third-order valence-electron chi connectivity index (χ3n) is 5.45. The van der Waals surface area contributed by atoms with Crippen LogP contribution >= 0.6 is 11.3 Å². The summed E-state index contributed by atoms with van der Waals surface area (Å²) in [5.41, 5.74) is 2.19. The summed E-state index contributed by atoms with van der Waals surface area (Å²) in [7, 11) is 0. The number of aromatic hydroxyl groups is 1. The van der Waals surface area contributed by atoms with Gasteiger partial charge < -0.3 is 10.4 Å². The van der Waals surface area contributed by atoms with Crippen LogP contribution in [0.4, 0.5) is 0 Å². The Bertz CT molecular complexity index is 697. The monoisotopic (exact) mass is 344 g/mol. The topological polar surface area (TPSA) is 61.3 Å². The normalized spacial score (nSPS) is 22.2. The van der Waals surface area contributed by atoms with Crippen molar-refractivity contribution in [2.24, 2.45) is 5.41 Å². The smallest absolute Gasteiger partial charge is 0.138 e. The zero-order valence-electron chi connectivity index (χ0n) is 14.0. The molecule has 1 aliphatic heterocycles. The molecule has 0 radical (unpaired) electrons. The molecule has 0 aromatic carbocycles. The number of nitrogens with one attached hydrogen (secondary N) is 1. The molecule has 0 amide bonds. The van der Waals surface area contributed by atoms with E-state index in [-0.39, 0.29) is 0 Å². The molecule has 2 N–H and O–H groups in total. The van der Waals surface area contributed by atoms with Crippen LogP contribution in [0.3, 0.4) is 0 Å². The second-order valence-electron chi connectivity index (χ2n) is 7.08. The molecule has 3 heterocycles. The largest absolute Gasteiger partial charge is 0.506 e. The molecule has 2 aliphatic rings. The maximum absolute atomic E-state index is 10.2. The average molecular weight is 344 g/mol. The van der Waals surface area contributed by atoms with Gasteiger partial charge in [-0.05, 0) is 56.8 Å². The summed E-state index contributed by atoms with van der Waals surface area (Å²) in [5, 5.41) is 16.8. The maximum Gasteiger partial charge on any atom is 0.138 e. The Morgan fingerprint density at radius 2 is 2.17 bits per heavy atom. The Morgan fingerprint density at radius 3 is 2.92 bits per heavy atom. The minimum atomic E-state index is 0.296. The molecule has 0 unspecified atom stereocenters. The molecule has 5 nitrogen and oxygen atoms in total. The van der Waals surface area contributed by atoms with E-state index in [1.54, 1.807) is 17.4 Å². The van der Waals surface area contributed by atoms with Crippen LogP contribution in [-0.2, 0) is 13.1 Å². The van der Waals surface area contributed by atoms with E-state index in [4.69, 9.17) is 0 Å². The predicted octanol–water partition coefficient (Wildman–Crippen LogP) is 2.70. The number of aryl methyl sites for hydroxylation is 1. The lowest BCUT2D eigenvalue weighted by molar-refractivity contribution is 0.184. The van der Waals surface area contributed by atoms with Crippen molar-refractivity contribution in [3.8, 4) is 5.75 Å². The predicted molar refractivity (Wildman–Crippen MR) is 94.9 cm³/mol. The van der Waals surface area contributed by atoms with Gasteiger partial charge in [0.2, 0.25) is 0 Å². The summed E-state index contributed by atoms with van der Waals surface area (Å²) >= 11 is 1.70. The van der Waals surface area contributed by atoms with Crippen LogP contribution in [0, 0.1) is 12.3 Å². The highest BCUT2D eigenvalue weighted by Crippen LogP contribution is 2.56. The molecule has 128 valence electrons. The summed E-state index contributed by atoms with van der Waals surface area (Å²) in [4.78, 5) is 11.5. The molecule has 1 atom stereocenters. The van der Waals surface area contributed by atoms with E-state index in [9.17, 15) is 5.11 Å². The van der Waals surface area contributed by atoms with Crippen molar-refractivity contribution in [2.75, 3.05) is 13.1 Å². The molecule has 2 aromatic rings. The fraction of sp³-hybridized carbons (Fsp3) is 0.556. The highest BCUT2D eigenvalue weighted by atomic mass is 32.1. The summed E-state index contributed by atoms with van der Waals surface area (Å²) in [5.74, 6) is 0.296. The van der Waals surface area contributed by atoms with Crippen LogP contribution in [0.5, 0.6) is 5.75 Å². The molecular formula is C18H24N4OS. The van der Waals surface area contributed by atoms with Gasteiger partial charge >= 0.3 is 0 Å². The van der Waals surface area contributed by atoms with E-state index < -0.39 is 0 Å². The van der Waals surface area contributed by atoms with E-state index >= 15 is 0 Å². The zero-order chi connectivity index (χ0) is 16.6. The van der Waals surface area contributed by atoms with Crippen molar-refractivity contribution in [3.63, 3.8) is 0 Å². The summed E-state index contributed by atoms with van der Waals surface area (Å²) in [6, 6.07) is 4.19. The van der Waals surface area contributed by atoms with Gasteiger partial charge in [0, 0.05) is 29.9 Å². The van der Waals surface area contributed by atoms with Gasteiger partial charge in [-0.2, -0.15) is 0 Å². The lowest BCUT2D eigenvalue weighted by atomic mass is 9.93. The third kappa shape index (κ3) is 3.18. The molecule has 6 heteroatoms. The molecule has 1 spiro atoms. The molecule has 24 heavy (non-hydrogen) atoms.